The molecule has 1 heterocycles. The minimum absolute atomic E-state index is 0.0307. The summed E-state index contributed by atoms with van der Waals surface area (Å²) < 4.78 is 6.04. The minimum atomic E-state index is -1.36. The first kappa shape index (κ1) is 24.2. The number of β-amino-alcohol motifs (C(OH)–C–C–N with tert-alkyl or cyclic N) is 2. The SMILES string of the molecule is Cc1cc(C)c(C)c(OC[C@@]2(O)CN(CC3(O)CCC(c4ccccc4)CC3)CC[C@@H]2O)c1. The lowest BCUT2D eigenvalue weighted by atomic mass is 9.75. The van der Waals surface area contributed by atoms with Crippen molar-refractivity contribution in [1.82, 2.24) is 4.90 Å². The first-order chi connectivity index (χ1) is 15.7. The number of ether oxygens (including phenoxy) is 1. The van der Waals surface area contributed by atoms with Crippen LogP contribution >= 0.6 is 0 Å². The van der Waals surface area contributed by atoms with Crippen LogP contribution in [0.2, 0.25) is 0 Å². The summed E-state index contributed by atoms with van der Waals surface area (Å²) in [5, 5.41) is 33.2. The maximum Gasteiger partial charge on any atom is 0.137 e. The standard InChI is InChI=1S/C28H39NO4/c1-20-15-21(2)22(3)25(16-20)33-19-28(32)18-29(14-11-26(28)30)17-27(31)12-9-24(10-13-27)23-7-5-4-6-8-23/h4-8,15-16,24,26,30-32H,9-14,17-19H2,1-3H3/t24?,26-,27?,28-/m0/s1. The Labute approximate surface area is 198 Å². The molecule has 0 radical (unpaired) electrons. The monoisotopic (exact) mass is 453 g/mol. The molecule has 1 saturated carbocycles. The summed E-state index contributed by atoms with van der Waals surface area (Å²) >= 11 is 0. The smallest absolute Gasteiger partial charge is 0.137 e. The van der Waals surface area contributed by atoms with Gasteiger partial charge < -0.3 is 20.1 Å². The zero-order valence-electron chi connectivity index (χ0n) is 20.3. The van der Waals surface area contributed by atoms with Crippen molar-refractivity contribution in [3.05, 3.63) is 64.7 Å². The first-order valence-corrected chi connectivity index (χ1v) is 12.3. The molecule has 180 valence electrons. The van der Waals surface area contributed by atoms with Crippen molar-refractivity contribution in [2.45, 2.75) is 76.1 Å². The van der Waals surface area contributed by atoms with Crippen molar-refractivity contribution in [1.29, 1.82) is 0 Å². The molecule has 0 spiro atoms. The third-order valence-corrected chi connectivity index (χ3v) is 7.78. The third kappa shape index (κ3) is 5.60. The van der Waals surface area contributed by atoms with Crippen molar-refractivity contribution in [2.24, 2.45) is 0 Å². The second-order valence-corrected chi connectivity index (χ2v) is 10.5. The van der Waals surface area contributed by atoms with Gasteiger partial charge in [0.25, 0.3) is 0 Å². The second-order valence-electron chi connectivity index (χ2n) is 10.5. The predicted octanol–water partition coefficient (Wildman–Crippen LogP) is 3.88. The highest BCUT2D eigenvalue weighted by Gasteiger charge is 2.44. The lowest BCUT2D eigenvalue weighted by Crippen LogP contribution is -2.62. The normalized spacial score (nSPS) is 30.8. The number of hydrogen-bond acceptors (Lipinski definition) is 5. The molecule has 4 rings (SSSR count). The second kappa shape index (κ2) is 9.75. The van der Waals surface area contributed by atoms with E-state index >= 15 is 0 Å². The number of aryl methyl sites for hydroxylation is 2. The number of likely N-dealkylation sites (tertiary alicyclic amines) is 1. The molecule has 33 heavy (non-hydrogen) atoms. The minimum Gasteiger partial charge on any atom is -0.490 e. The molecule has 2 aliphatic rings. The van der Waals surface area contributed by atoms with Crippen LogP contribution in [0.3, 0.4) is 0 Å². The molecule has 2 fully saturated rings. The maximum atomic E-state index is 11.3. The summed E-state index contributed by atoms with van der Waals surface area (Å²) in [5.41, 5.74) is 2.56. The molecule has 5 heteroatoms. The van der Waals surface area contributed by atoms with Crippen molar-refractivity contribution in [3.63, 3.8) is 0 Å². The van der Waals surface area contributed by atoms with E-state index in [4.69, 9.17) is 4.74 Å². The van der Waals surface area contributed by atoms with Crippen molar-refractivity contribution < 1.29 is 20.1 Å². The largest absolute Gasteiger partial charge is 0.490 e. The quantitative estimate of drug-likeness (QED) is 0.619. The fourth-order valence-corrected chi connectivity index (χ4v) is 5.56. The van der Waals surface area contributed by atoms with Crippen molar-refractivity contribution in [3.8, 4) is 5.75 Å². The van der Waals surface area contributed by atoms with Gasteiger partial charge >= 0.3 is 0 Å². The molecule has 0 amide bonds. The number of nitrogens with zero attached hydrogens (tertiary/aromatic N) is 1. The van der Waals surface area contributed by atoms with E-state index in [9.17, 15) is 15.3 Å². The van der Waals surface area contributed by atoms with Gasteiger partial charge in [-0.25, -0.2) is 0 Å². The van der Waals surface area contributed by atoms with Gasteiger partial charge in [0.1, 0.15) is 18.0 Å². The maximum absolute atomic E-state index is 11.3. The lowest BCUT2D eigenvalue weighted by molar-refractivity contribution is -0.150. The number of benzene rings is 2. The average molecular weight is 454 g/mol. The Bertz CT molecular complexity index is 938. The number of rotatable bonds is 6. The van der Waals surface area contributed by atoms with Crippen LogP contribution in [0.1, 0.15) is 60.3 Å². The number of aliphatic hydroxyl groups is 3. The molecule has 1 aliphatic heterocycles. The molecule has 2 aromatic carbocycles. The molecular formula is C28H39NO4. The first-order valence-electron chi connectivity index (χ1n) is 12.3. The Morgan fingerprint density at radius 1 is 1.00 bits per heavy atom. The van der Waals surface area contributed by atoms with E-state index in [1.54, 1.807) is 0 Å². The van der Waals surface area contributed by atoms with Crippen LogP contribution in [0.4, 0.5) is 0 Å². The number of hydrogen-bond donors (Lipinski definition) is 3. The van der Waals surface area contributed by atoms with Gasteiger partial charge in [0.15, 0.2) is 0 Å². The summed E-state index contributed by atoms with van der Waals surface area (Å²) in [6.07, 6.45) is 3.06. The van der Waals surface area contributed by atoms with Gasteiger partial charge in [-0.15, -0.1) is 0 Å². The van der Waals surface area contributed by atoms with Crippen molar-refractivity contribution in [2.75, 3.05) is 26.2 Å². The molecule has 1 saturated heterocycles. The summed E-state index contributed by atoms with van der Waals surface area (Å²) in [5.74, 6) is 1.25. The highest BCUT2D eigenvalue weighted by atomic mass is 16.5. The van der Waals surface area contributed by atoms with E-state index in [1.807, 2.05) is 32.9 Å². The molecule has 3 N–H and O–H groups in total. The fraction of sp³-hybridized carbons (Fsp3) is 0.571. The molecule has 2 atom stereocenters. The van der Waals surface area contributed by atoms with E-state index in [-0.39, 0.29) is 6.61 Å². The van der Waals surface area contributed by atoms with Crippen LogP contribution in [-0.2, 0) is 0 Å². The van der Waals surface area contributed by atoms with Crippen LogP contribution in [0.5, 0.6) is 5.75 Å². The molecule has 2 aromatic rings. The predicted molar refractivity (Wildman–Crippen MR) is 131 cm³/mol. The highest BCUT2D eigenvalue weighted by Crippen LogP contribution is 2.39. The fourth-order valence-electron chi connectivity index (χ4n) is 5.56. The van der Waals surface area contributed by atoms with Gasteiger partial charge in [-0.3, -0.25) is 4.90 Å². The van der Waals surface area contributed by atoms with Crippen LogP contribution in [0.15, 0.2) is 42.5 Å². The van der Waals surface area contributed by atoms with E-state index in [0.29, 0.717) is 32.0 Å². The van der Waals surface area contributed by atoms with E-state index in [0.717, 1.165) is 48.1 Å². The van der Waals surface area contributed by atoms with Gasteiger partial charge in [-0.1, -0.05) is 36.4 Å². The van der Waals surface area contributed by atoms with Gasteiger partial charge in [0.2, 0.25) is 0 Å². The Kier molecular flexibility index (Phi) is 7.15. The topological polar surface area (TPSA) is 73.2 Å². The summed E-state index contributed by atoms with van der Waals surface area (Å²) in [6.45, 7) is 7.60. The van der Waals surface area contributed by atoms with Gasteiger partial charge in [0, 0.05) is 19.6 Å². The molecular weight excluding hydrogens is 414 g/mol. The van der Waals surface area contributed by atoms with Gasteiger partial charge in [-0.2, -0.15) is 0 Å². The Morgan fingerprint density at radius 2 is 1.70 bits per heavy atom. The Morgan fingerprint density at radius 3 is 2.39 bits per heavy atom. The van der Waals surface area contributed by atoms with Crippen LogP contribution in [0.25, 0.3) is 0 Å². The summed E-state index contributed by atoms with van der Waals surface area (Å²) in [4.78, 5) is 2.10. The van der Waals surface area contributed by atoms with Crippen LogP contribution < -0.4 is 4.74 Å². The van der Waals surface area contributed by atoms with E-state index in [2.05, 4.69) is 35.2 Å². The van der Waals surface area contributed by atoms with Gasteiger partial charge in [-0.05, 0) is 87.1 Å². The zero-order valence-corrected chi connectivity index (χ0v) is 20.3. The summed E-state index contributed by atoms with van der Waals surface area (Å²) in [6, 6.07) is 14.7. The number of piperidine rings is 1. The number of aliphatic hydroxyl groups excluding tert-OH is 1. The highest BCUT2D eigenvalue weighted by molar-refractivity contribution is 5.42. The molecule has 0 unspecified atom stereocenters. The Balaban J connectivity index is 1.36. The van der Waals surface area contributed by atoms with Gasteiger partial charge in [0.05, 0.1) is 11.7 Å². The Hall–Kier alpha value is -1.92. The van der Waals surface area contributed by atoms with E-state index in [1.165, 1.54) is 5.56 Å². The third-order valence-electron chi connectivity index (χ3n) is 7.78. The van der Waals surface area contributed by atoms with E-state index < -0.39 is 17.3 Å². The van der Waals surface area contributed by atoms with Crippen molar-refractivity contribution >= 4 is 0 Å². The molecule has 0 aromatic heterocycles. The van der Waals surface area contributed by atoms with Crippen LogP contribution in [0, 0.1) is 20.8 Å². The molecule has 5 nitrogen and oxygen atoms in total. The summed E-state index contributed by atoms with van der Waals surface area (Å²) in [7, 11) is 0. The lowest BCUT2D eigenvalue weighted by Gasteiger charge is -2.46. The average Bonchev–Trinajstić information content (AvgIpc) is 2.79. The zero-order chi connectivity index (χ0) is 23.6. The van der Waals surface area contributed by atoms with Crippen LogP contribution in [-0.4, -0.2) is 63.8 Å². The molecule has 0 bridgehead atoms. The molecule has 1 aliphatic carbocycles.